The maximum atomic E-state index is 12.7. The van der Waals surface area contributed by atoms with Crippen molar-refractivity contribution >= 4 is 5.91 Å². The number of aromatic nitrogens is 2. The summed E-state index contributed by atoms with van der Waals surface area (Å²) < 4.78 is 13.0. The van der Waals surface area contributed by atoms with Crippen molar-refractivity contribution in [2.45, 2.75) is 46.1 Å². The molecule has 1 aromatic heterocycles. The van der Waals surface area contributed by atoms with Crippen LogP contribution in [0.1, 0.15) is 50.4 Å². The first-order valence-electron chi connectivity index (χ1n) is 11.5. The Morgan fingerprint density at radius 1 is 1.23 bits per heavy atom. The molecule has 2 aromatic rings. The van der Waals surface area contributed by atoms with Gasteiger partial charge < -0.3 is 19.3 Å². The maximum Gasteiger partial charge on any atom is 0.257 e. The first-order valence-corrected chi connectivity index (χ1v) is 11.5. The quantitative estimate of drug-likeness (QED) is 0.483. The Hall–Kier alpha value is -2.38. The molecule has 1 aliphatic rings. The van der Waals surface area contributed by atoms with Crippen molar-refractivity contribution in [1.29, 1.82) is 0 Å². The Morgan fingerprint density at radius 2 is 2.03 bits per heavy atom. The van der Waals surface area contributed by atoms with Crippen LogP contribution >= 0.6 is 0 Å². The van der Waals surface area contributed by atoms with Gasteiger partial charge >= 0.3 is 0 Å². The van der Waals surface area contributed by atoms with Crippen LogP contribution in [0.15, 0.2) is 36.7 Å². The van der Waals surface area contributed by atoms with Gasteiger partial charge in [-0.15, -0.1) is 0 Å². The smallest absolute Gasteiger partial charge is 0.257 e. The summed E-state index contributed by atoms with van der Waals surface area (Å²) in [5, 5.41) is 4.37. The summed E-state index contributed by atoms with van der Waals surface area (Å²) in [6, 6.07) is 8.55. The fourth-order valence-electron chi connectivity index (χ4n) is 3.96. The molecular weight excluding hydrogens is 392 g/mol. The number of carbonyl (C=O) groups is 1. The van der Waals surface area contributed by atoms with E-state index in [-0.39, 0.29) is 5.91 Å². The SMILES string of the molecule is CCOCCN(CC)C(=O)c1cnn(-c2ccc(OCCCN3CCCC3C)cc2)c1. The van der Waals surface area contributed by atoms with Crippen molar-refractivity contribution in [1.82, 2.24) is 19.6 Å². The van der Waals surface area contributed by atoms with Crippen LogP contribution < -0.4 is 4.74 Å². The molecule has 1 unspecified atom stereocenters. The number of hydrogen-bond acceptors (Lipinski definition) is 5. The molecule has 1 atom stereocenters. The van der Waals surface area contributed by atoms with Crippen LogP contribution in [0, 0.1) is 0 Å². The molecule has 0 bridgehead atoms. The molecule has 3 rings (SSSR count). The van der Waals surface area contributed by atoms with Gasteiger partial charge in [0.2, 0.25) is 0 Å². The number of ether oxygens (including phenoxy) is 2. The molecule has 2 heterocycles. The highest BCUT2D eigenvalue weighted by molar-refractivity contribution is 5.93. The first kappa shape index (κ1) is 23.3. The summed E-state index contributed by atoms with van der Waals surface area (Å²) >= 11 is 0. The summed E-state index contributed by atoms with van der Waals surface area (Å²) in [6.07, 6.45) is 7.06. The molecule has 0 saturated carbocycles. The van der Waals surface area contributed by atoms with Gasteiger partial charge in [-0.3, -0.25) is 4.79 Å². The Bertz CT molecular complexity index is 805. The third-order valence-corrected chi connectivity index (χ3v) is 5.86. The molecule has 1 amide bonds. The summed E-state index contributed by atoms with van der Waals surface area (Å²) in [4.78, 5) is 17.0. The summed E-state index contributed by atoms with van der Waals surface area (Å²) in [5.41, 5.74) is 1.48. The molecule has 170 valence electrons. The standard InChI is InChI=1S/C24H36N4O3/c1-4-26(15-17-30-5-2)24(29)21-18-25-28(19-21)22-9-11-23(12-10-22)31-16-7-14-27-13-6-8-20(27)3/h9-12,18-20H,4-8,13-17H2,1-3H3. The number of rotatable bonds is 12. The number of nitrogens with zero attached hydrogens (tertiary/aromatic N) is 4. The van der Waals surface area contributed by atoms with Gasteiger partial charge in [-0.25, -0.2) is 4.68 Å². The normalized spacial score (nSPS) is 16.5. The van der Waals surface area contributed by atoms with Gasteiger partial charge in [-0.2, -0.15) is 5.10 Å². The number of benzene rings is 1. The zero-order chi connectivity index (χ0) is 22.1. The molecule has 0 aliphatic carbocycles. The summed E-state index contributed by atoms with van der Waals surface area (Å²) in [7, 11) is 0. The third-order valence-electron chi connectivity index (χ3n) is 5.86. The number of likely N-dealkylation sites (N-methyl/N-ethyl adjacent to an activating group) is 1. The Balaban J connectivity index is 1.49. The molecule has 7 heteroatoms. The second-order valence-corrected chi connectivity index (χ2v) is 7.98. The van der Waals surface area contributed by atoms with E-state index in [0.29, 0.717) is 37.9 Å². The third kappa shape index (κ3) is 6.55. The van der Waals surface area contributed by atoms with Crippen LogP contribution in [0.2, 0.25) is 0 Å². The number of likely N-dealkylation sites (tertiary alicyclic amines) is 1. The Labute approximate surface area is 185 Å². The van der Waals surface area contributed by atoms with Crippen LogP contribution in [-0.2, 0) is 4.74 Å². The van der Waals surface area contributed by atoms with Gasteiger partial charge in [0.05, 0.1) is 30.7 Å². The van der Waals surface area contributed by atoms with E-state index in [1.165, 1.54) is 19.4 Å². The molecule has 1 aliphatic heterocycles. The Morgan fingerprint density at radius 3 is 2.71 bits per heavy atom. The predicted molar refractivity (Wildman–Crippen MR) is 122 cm³/mol. The van der Waals surface area contributed by atoms with Gasteiger partial charge in [0, 0.05) is 38.5 Å². The lowest BCUT2D eigenvalue weighted by atomic mass is 10.2. The molecule has 0 spiro atoms. The molecule has 1 fully saturated rings. The van der Waals surface area contributed by atoms with E-state index in [4.69, 9.17) is 9.47 Å². The highest BCUT2D eigenvalue weighted by atomic mass is 16.5. The van der Waals surface area contributed by atoms with Crippen LogP contribution in [0.4, 0.5) is 0 Å². The monoisotopic (exact) mass is 428 g/mol. The van der Waals surface area contributed by atoms with Gasteiger partial charge in [0.25, 0.3) is 5.91 Å². The van der Waals surface area contributed by atoms with Gasteiger partial charge in [0.1, 0.15) is 5.75 Å². The minimum Gasteiger partial charge on any atom is -0.494 e. The van der Waals surface area contributed by atoms with Crippen molar-refractivity contribution in [2.75, 3.05) is 46.0 Å². The summed E-state index contributed by atoms with van der Waals surface area (Å²) in [5.74, 6) is 0.829. The lowest BCUT2D eigenvalue weighted by Crippen LogP contribution is -2.33. The van der Waals surface area contributed by atoms with Crippen LogP contribution in [0.5, 0.6) is 5.75 Å². The van der Waals surface area contributed by atoms with Crippen molar-refractivity contribution in [3.05, 3.63) is 42.2 Å². The van der Waals surface area contributed by atoms with E-state index in [0.717, 1.165) is 31.0 Å². The average molecular weight is 429 g/mol. The fourth-order valence-corrected chi connectivity index (χ4v) is 3.96. The topological polar surface area (TPSA) is 59.8 Å². The first-order chi connectivity index (χ1) is 15.1. The average Bonchev–Trinajstić information content (AvgIpc) is 3.44. The van der Waals surface area contributed by atoms with Crippen molar-refractivity contribution in [2.24, 2.45) is 0 Å². The van der Waals surface area contributed by atoms with E-state index in [9.17, 15) is 4.79 Å². The lowest BCUT2D eigenvalue weighted by molar-refractivity contribution is 0.0669. The van der Waals surface area contributed by atoms with Gasteiger partial charge in [-0.05, 0) is 70.8 Å². The second kappa shape index (κ2) is 11.9. The zero-order valence-electron chi connectivity index (χ0n) is 19.1. The fraction of sp³-hybridized carbons (Fsp3) is 0.583. The van der Waals surface area contributed by atoms with E-state index in [2.05, 4.69) is 16.9 Å². The van der Waals surface area contributed by atoms with E-state index >= 15 is 0 Å². The molecular formula is C24H36N4O3. The molecule has 0 radical (unpaired) electrons. The number of hydrogen-bond donors (Lipinski definition) is 0. The molecule has 31 heavy (non-hydrogen) atoms. The lowest BCUT2D eigenvalue weighted by Gasteiger charge is -2.20. The second-order valence-electron chi connectivity index (χ2n) is 7.98. The van der Waals surface area contributed by atoms with Gasteiger partial charge in [-0.1, -0.05) is 0 Å². The van der Waals surface area contributed by atoms with E-state index in [1.54, 1.807) is 22.0 Å². The largest absolute Gasteiger partial charge is 0.494 e. The minimum atomic E-state index is -0.0271. The van der Waals surface area contributed by atoms with E-state index < -0.39 is 0 Å². The van der Waals surface area contributed by atoms with Crippen LogP contribution in [0.3, 0.4) is 0 Å². The van der Waals surface area contributed by atoms with Gasteiger partial charge in [0.15, 0.2) is 0 Å². The van der Waals surface area contributed by atoms with Crippen molar-refractivity contribution < 1.29 is 14.3 Å². The highest BCUT2D eigenvalue weighted by Gasteiger charge is 2.19. The minimum absolute atomic E-state index is 0.0271. The Kier molecular flexibility index (Phi) is 8.91. The molecule has 1 aromatic carbocycles. The molecule has 7 nitrogen and oxygen atoms in total. The van der Waals surface area contributed by atoms with Crippen molar-refractivity contribution in [3.8, 4) is 11.4 Å². The number of amides is 1. The van der Waals surface area contributed by atoms with Crippen LogP contribution in [-0.4, -0.2) is 77.5 Å². The molecule has 0 N–H and O–H groups in total. The molecule has 1 saturated heterocycles. The van der Waals surface area contributed by atoms with E-state index in [1.807, 2.05) is 38.1 Å². The number of carbonyl (C=O) groups excluding carboxylic acids is 1. The maximum absolute atomic E-state index is 12.7. The summed E-state index contributed by atoms with van der Waals surface area (Å²) in [6.45, 7) is 11.7. The predicted octanol–water partition coefficient (Wildman–Crippen LogP) is 3.62. The van der Waals surface area contributed by atoms with Crippen molar-refractivity contribution in [3.63, 3.8) is 0 Å². The van der Waals surface area contributed by atoms with Crippen LogP contribution in [0.25, 0.3) is 5.69 Å². The highest BCUT2D eigenvalue weighted by Crippen LogP contribution is 2.18. The zero-order valence-corrected chi connectivity index (χ0v) is 19.1.